The minimum absolute atomic E-state index is 0.109. The van der Waals surface area contributed by atoms with Crippen LogP contribution in [0.5, 0.6) is 0 Å². The molecule has 0 spiro atoms. The Balaban J connectivity index is 1.29. The number of hydrogen-bond acceptors (Lipinski definition) is 5. The maximum absolute atomic E-state index is 12.5. The largest absolute Gasteiger partial charge is 0.349 e. The highest BCUT2D eigenvalue weighted by Crippen LogP contribution is 2.33. The predicted molar refractivity (Wildman–Crippen MR) is 126 cm³/mol. The van der Waals surface area contributed by atoms with Crippen molar-refractivity contribution in [2.24, 2.45) is 0 Å². The number of carbonyl (C=O) groups excluding carboxylic acids is 1. The number of anilines is 1. The van der Waals surface area contributed by atoms with Crippen LogP contribution in [0.25, 0.3) is 16.0 Å². The lowest BCUT2D eigenvalue weighted by Crippen LogP contribution is -2.44. The summed E-state index contributed by atoms with van der Waals surface area (Å²) in [4.78, 5) is 19.8. The van der Waals surface area contributed by atoms with Gasteiger partial charge >= 0.3 is 0 Å². The molecular formula is C23H22ClN5OS. The fourth-order valence-corrected chi connectivity index (χ4v) is 5.19. The van der Waals surface area contributed by atoms with Gasteiger partial charge in [-0.25, -0.2) is 4.68 Å². The molecule has 0 saturated carbocycles. The molecule has 8 heteroatoms. The number of fused-ring (bicyclic) bond motifs is 1. The summed E-state index contributed by atoms with van der Waals surface area (Å²) in [5.74, 6) is -0.109. The third-order valence-corrected chi connectivity index (χ3v) is 7.14. The zero-order valence-corrected chi connectivity index (χ0v) is 18.7. The SMILES string of the molecule is Cc1nn(-c2ccccc2)c2nc(N3CCC(NC(=O)c4ccccc4Cl)CC3)sc12. The number of amides is 1. The number of piperidine rings is 1. The molecule has 2 aromatic carbocycles. The summed E-state index contributed by atoms with van der Waals surface area (Å²) < 4.78 is 3.04. The molecule has 4 aromatic rings. The lowest BCUT2D eigenvalue weighted by Gasteiger charge is -2.32. The van der Waals surface area contributed by atoms with Crippen LogP contribution in [0.2, 0.25) is 5.02 Å². The van der Waals surface area contributed by atoms with Gasteiger partial charge in [-0.05, 0) is 44.0 Å². The van der Waals surface area contributed by atoms with Gasteiger partial charge in [0, 0.05) is 19.1 Å². The molecule has 1 fully saturated rings. The van der Waals surface area contributed by atoms with Gasteiger partial charge < -0.3 is 10.2 Å². The Morgan fingerprint density at radius 1 is 1.10 bits per heavy atom. The van der Waals surface area contributed by atoms with Crippen LogP contribution in [-0.2, 0) is 0 Å². The normalized spacial score (nSPS) is 14.8. The van der Waals surface area contributed by atoms with E-state index in [1.165, 1.54) is 0 Å². The van der Waals surface area contributed by atoms with Crippen molar-refractivity contribution in [1.82, 2.24) is 20.1 Å². The topological polar surface area (TPSA) is 63.1 Å². The number of hydrogen-bond donors (Lipinski definition) is 1. The number of benzene rings is 2. The van der Waals surface area contributed by atoms with Crippen LogP contribution < -0.4 is 10.2 Å². The van der Waals surface area contributed by atoms with Gasteiger partial charge in [0.05, 0.1) is 26.7 Å². The van der Waals surface area contributed by atoms with E-state index in [4.69, 9.17) is 16.6 Å². The van der Waals surface area contributed by atoms with Crippen LogP contribution in [0.4, 0.5) is 5.13 Å². The zero-order chi connectivity index (χ0) is 21.4. The first-order chi connectivity index (χ1) is 15.1. The van der Waals surface area contributed by atoms with E-state index in [1.54, 1.807) is 23.5 Å². The second kappa shape index (κ2) is 8.32. The maximum Gasteiger partial charge on any atom is 0.253 e. The van der Waals surface area contributed by atoms with Crippen LogP contribution in [0.3, 0.4) is 0 Å². The molecule has 0 radical (unpaired) electrons. The van der Waals surface area contributed by atoms with E-state index in [0.29, 0.717) is 10.6 Å². The average Bonchev–Trinajstić information content (AvgIpc) is 3.36. The quantitative estimate of drug-likeness (QED) is 0.482. The Morgan fingerprint density at radius 2 is 1.81 bits per heavy atom. The smallest absolute Gasteiger partial charge is 0.253 e. The molecule has 0 bridgehead atoms. The van der Waals surface area contributed by atoms with E-state index < -0.39 is 0 Å². The molecule has 0 aliphatic carbocycles. The number of nitrogens with zero attached hydrogens (tertiary/aromatic N) is 4. The van der Waals surface area contributed by atoms with E-state index in [0.717, 1.165) is 52.8 Å². The second-order valence-corrected chi connectivity index (χ2v) is 9.08. The van der Waals surface area contributed by atoms with Crippen molar-refractivity contribution in [2.75, 3.05) is 18.0 Å². The minimum Gasteiger partial charge on any atom is -0.349 e. The van der Waals surface area contributed by atoms with E-state index in [1.807, 2.05) is 54.1 Å². The van der Waals surface area contributed by atoms with E-state index in [-0.39, 0.29) is 11.9 Å². The first kappa shape index (κ1) is 20.0. The Morgan fingerprint density at radius 3 is 2.55 bits per heavy atom. The van der Waals surface area contributed by atoms with Crippen LogP contribution in [-0.4, -0.2) is 39.8 Å². The Kier molecular flexibility index (Phi) is 5.38. The molecule has 2 aromatic heterocycles. The molecule has 5 rings (SSSR count). The molecule has 6 nitrogen and oxygen atoms in total. The van der Waals surface area contributed by atoms with Crippen molar-refractivity contribution in [3.63, 3.8) is 0 Å². The van der Waals surface area contributed by atoms with E-state index >= 15 is 0 Å². The lowest BCUT2D eigenvalue weighted by molar-refractivity contribution is 0.0931. The number of thiazole rings is 1. The van der Waals surface area contributed by atoms with Crippen LogP contribution in [0.15, 0.2) is 54.6 Å². The third kappa shape index (κ3) is 3.91. The lowest BCUT2D eigenvalue weighted by atomic mass is 10.0. The summed E-state index contributed by atoms with van der Waals surface area (Å²) in [7, 11) is 0. The van der Waals surface area contributed by atoms with Gasteiger partial charge in [0.1, 0.15) is 0 Å². The van der Waals surface area contributed by atoms with Gasteiger partial charge in [0.25, 0.3) is 5.91 Å². The van der Waals surface area contributed by atoms with Crippen molar-refractivity contribution in [2.45, 2.75) is 25.8 Å². The monoisotopic (exact) mass is 451 g/mol. The molecule has 1 amide bonds. The molecule has 158 valence electrons. The summed E-state index contributed by atoms with van der Waals surface area (Å²) in [5, 5.41) is 9.29. The maximum atomic E-state index is 12.5. The Hall–Kier alpha value is -2.90. The van der Waals surface area contributed by atoms with Crippen molar-refractivity contribution >= 4 is 44.3 Å². The van der Waals surface area contributed by atoms with Crippen LogP contribution in [0.1, 0.15) is 28.9 Å². The van der Waals surface area contributed by atoms with Gasteiger partial charge in [-0.3, -0.25) is 4.79 Å². The Bertz CT molecular complexity index is 1230. The number of aryl methyl sites for hydroxylation is 1. The van der Waals surface area contributed by atoms with E-state index in [9.17, 15) is 4.79 Å². The molecule has 31 heavy (non-hydrogen) atoms. The minimum atomic E-state index is -0.109. The standard InChI is InChI=1S/C23H22ClN5OS/c1-15-20-21(29(27-15)17-7-3-2-4-8-17)26-23(31-20)28-13-11-16(12-14-28)25-22(30)18-9-5-6-10-19(18)24/h2-10,16H,11-14H2,1H3,(H,25,30). The average molecular weight is 452 g/mol. The summed E-state index contributed by atoms with van der Waals surface area (Å²) >= 11 is 7.84. The molecule has 0 atom stereocenters. The van der Waals surface area contributed by atoms with E-state index in [2.05, 4.69) is 15.3 Å². The van der Waals surface area contributed by atoms with Gasteiger partial charge in [-0.2, -0.15) is 10.1 Å². The molecule has 1 saturated heterocycles. The number of para-hydroxylation sites is 1. The number of halogens is 1. The summed E-state index contributed by atoms with van der Waals surface area (Å²) in [6, 6.07) is 17.4. The zero-order valence-electron chi connectivity index (χ0n) is 17.1. The fraction of sp³-hybridized carbons (Fsp3) is 0.261. The molecular weight excluding hydrogens is 430 g/mol. The summed E-state index contributed by atoms with van der Waals surface area (Å²) in [5.41, 5.74) is 3.43. The molecule has 0 unspecified atom stereocenters. The fourth-order valence-electron chi connectivity index (χ4n) is 3.93. The number of aromatic nitrogens is 3. The van der Waals surface area contributed by atoms with Crippen molar-refractivity contribution in [3.8, 4) is 5.69 Å². The highest BCUT2D eigenvalue weighted by atomic mass is 35.5. The first-order valence-electron chi connectivity index (χ1n) is 10.3. The van der Waals surface area contributed by atoms with Crippen LogP contribution in [0, 0.1) is 6.92 Å². The number of rotatable bonds is 4. The molecule has 3 heterocycles. The van der Waals surface area contributed by atoms with Gasteiger partial charge in [-0.1, -0.05) is 53.3 Å². The number of carbonyl (C=O) groups is 1. The predicted octanol–water partition coefficient (Wildman–Crippen LogP) is 4.84. The first-order valence-corrected chi connectivity index (χ1v) is 11.5. The van der Waals surface area contributed by atoms with Crippen molar-refractivity contribution in [3.05, 3.63) is 70.9 Å². The molecule has 1 aliphatic heterocycles. The molecule has 1 N–H and O–H groups in total. The highest BCUT2D eigenvalue weighted by molar-refractivity contribution is 7.22. The molecule has 1 aliphatic rings. The van der Waals surface area contributed by atoms with Crippen molar-refractivity contribution in [1.29, 1.82) is 0 Å². The van der Waals surface area contributed by atoms with Crippen LogP contribution >= 0.6 is 22.9 Å². The number of nitrogens with one attached hydrogen (secondary N) is 1. The Labute approximate surface area is 189 Å². The summed E-state index contributed by atoms with van der Waals surface area (Å²) in [6.45, 7) is 3.73. The van der Waals surface area contributed by atoms with Gasteiger partial charge in [0.2, 0.25) is 0 Å². The van der Waals surface area contributed by atoms with Gasteiger partial charge in [-0.15, -0.1) is 0 Å². The second-order valence-electron chi connectivity index (χ2n) is 7.70. The highest BCUT2D eigenvalue weighted by Gasteiger charge is 2.25. The summed E-state index contributed by atoms with van der Waals surface area (Å²) in [6.07, 6.45) is 1.74. The van der Waals surface area contributed by atoms with Gasteiger partial charge in [0.15, 0.2) is 10.8 Å². The third-order valence-electron chi connectivity index (χ3n) is 5.60. The van der Waals surface area contributed by atoms with Crippen molar-refractivity contribution < 1.29 is 4.79 Å².